The topological polar surface area (TPSA) is 84.5 Å². The molecule has 1 atom stereocenters. The molecule has 1 amide bonds. The lowest BCUT2D eigenvalue weighted by Gasteiger charge is -2.18. The number of carbonyl (C=O) groups is 1. The van der Waals surface area contributed by atoms with E-state index in [1.807, 2.05) is 31.2 Å². The lowest BCUT2D eigenvalue weighted by atomic mass is 10.0. The number of carbonyl (C=O) groups excluding carboxylic acids is 1. The van der Waals surface area contributed by atoms with Crippen LogP contribution in [0.25, 0.3) is 0 Å². The SMILES string of the molecule is CCc1ccc(S(=O)(=O)NCCNC(=O)C(C)Oc2ccccc2C(C)C)cc1. The fourth-order valence-electron chi connectivity index (χ4n) is 2.81. The number of nitrogens with one attached hydrogen (secondary N) is 2. The Kier molecular flexibility index (Phi) is 8.22. The van der Waals surface area contributed by atoms with Gasteiger partial charge in [-0.25, -0.2) is 13.1 Å². The molecule has 0 aliphatic carbocycles. The highest BCUT2D eigenvalue weighted by Gasteiger charge is 2.18. The summed E-state index contributed by atoms with van der Waals surface area (Å²) in [4.78, 5) is 12.5. The van der Waals surface area contributed by atoms with E-state index in [4.69, 9.17) is 4.74 Å². The standard InChI is InChI=1S/C22H30N2O4S/c1-5-18-10-12-19(13-11-18)29(26,27)24-15-14-23-22(25)17(4)28-21-9-7-6-8-20(21)16(2)3/h6-13,16-17,24H,5,14-15H2,1-4H3,(H,23,25). The molecule has 0 spiro atoms. The highest BCUT2D eigenvalue weighted by atomic mass is 32.2. The van der Waals surface area contributed by atoms with Crippen molar-refractivity contribution in [3.8, 4) is 5.75 Å². The van der Waals surface area contributed by atoms with E-state index in [0.717, 1.165) is 17.5 Å². The summed E-state index contributed by atoms with van der Waals surface area (Å²) in [5.41, 5.74) is 2.11. The largest absolute Gasteiger partial charge is 0.481 e. The van der Waals surface area contributed by atoms with Gasteiger partial charge < -0.3 is 10.1 Å². The van der Waals surface area contributed by atoms with Crippen LogP contribution in [0.15, 0.2) is 53.4 Å². The molecule has 7 heteroatoms. The van der Waals surface area contributed by atoms with Crippen molar-refractivity contribution < 1.29 is 17.9 Å². The van der Waals surface area contributed by atoms with E-state index in [2.05, 4.69) is 23.9 Å². The predicted molar refractivity (Wildman–Crippen MR) is 115 cm³/mol. The zero-order valence-electron chi connectivity index (χ0n) is 17.4. The van der Waals surface area contributed by atoms with Gasteiger partial charge in [0.05, 0.1) is 4.90 Å². The van der Waals surface area contributed by atoms with Crippen molar-refractivity contribution in [3.05, 3.63) is 59.7 Å². The third-order valence-corrected chi connectivity index (χ3v) is 6.05. The molecule has 6 nitrogen and oxygen atoms in total. The normalized spacial score (nSPS) is 12.6. The molecule has 29 heavy (non-hydrogen) atoms. The first-order valence-corrected chi connectivity index (χ1v) is 11.3. The zero-order chi connectivity index (χ0) is 21.4. The summed E-state index contributed by atoms with van der Waals surface area (Å²) in [6.07, 6.45) is 0.162. The number of ether oxygens (including phenoxy) is 1. The van der Waals surface area contributed by atoms with Gasteiger partial charge in [-0.3, -0.25) is 4.79 Å². The minimum absolute atomic E-state index is 0.0961. The number of amides is 1. The minimum atomic E-state index is -3.60. The van der Waals surface area contributed by atoms with E-state index >= 15 is 0 Å². The molecule has 0 saturated carbocycles. The fourth-order valence-corrected chi connectivity index (χ4v) is 3.84. The molecule has 158 valence electrons. The van der Waals surface area contributed by atoms with Crippen LogP contribution in [-0.4, -0.2) is 33.5 Å². The minimum Gasteiger partial charge on any atom is -0.481 e. The lowest BCUT2D eigenvalue weighted by molar-refractivity contribution is -0.127. The van der Waals surface area contributed by atoms with Gasteiger partial charge in [0.25, 0.3) is 5.91 Å². The summed E-state index contributed by atoms with van der Waals surface area (Å²) < 4.78 is 32.9. The zero-order valence-corrected chi connectivity index (χ0v) is 18.3. The number of rotatable bonds is 10. The second-order valence-electron chi connectivity index (χ2n) is 7.14. The van der Waals surface area contributed by atoms with Crippen LogP contribution in [0.3, 0.4) is 0 Å². The average Bonchev–Trinajstić information content (AvgIpc) is 2.71. The molecule has 0 fully saturated rings. The van der Waals surface area contributed by atoms with Gasteiger partial charge in [-0.05, 0) is 48.6 Å². The summed E-state index contributed by atoms with van der Waals surface area (Å²) in [5.74, 6) is 0.665. The molecule has 1 unspecified atom stereocenters. The van der Waals surface area contributed by atoms with Crippen LogP contribution < -0.4 is 14.8 Å². The number of para-hydroxylation sites is 1. The Bertz CT molecular complexity index is 909. The molecule has 0 aliphatic heterocycles. The van der Waals surface area contributed by atoms with E-state index in [9.17, 15) is 13.2 Å². The van der Waals surface area contributed by atoms with Crippen molar-refractivity contribution in [2.75, 3.05) is 13.1 Å². The highest BCUT2D eigenvalue weighted by Crippen LogP contribution is 2.26. The van der Waals surface area contributed by atoms with Gasteiger partial charge in [0.15, 0.2) is 6.10 Å². The van der Waals surface area contributed by atoms with Gasteiger partial charge in [0.2, 0.25) is 10.0 Å². The molecule has 0 heterocycles. The van der Waals surface area contributed by atoms with Crippen molar-refractivity contribution in [1.82, 2.24) is 10.0 Å². The second-order valence-corrected chi connectivity index (χ2v) is 8.91. The first-order valence-electron chi connectivity index (χ1n) is 9.86. The molecule has 2 aromatic carbocycles. The Morgan fingerprint density at radius 2 is 1.66 bits per heavy atom. The summed E-state index contributed by atoms with van der Waals surface area (Å²) in [7, 11) is -3.60. The van der Waals surface area contributed by atoms with Crippen LogP contribution in [-0.2, 0) is 21.2 Å². The van der Waals surface area contributed by atoms with Crippen molar-refractivity contribution in [1.29, 1.82) is 0 Å². The number of benzene rings is 2. The smallest absolute Gasteiger partial charge is 0.260 e. The van der Waals surface area contributed by atoms with Crippen molar-refractivity contribution in [2.24, 2.45) is 0 Å². The average molecular weight is 419 g/mol. The van der Waals surface area contributed by atoms with Gasteiger partial charge in [0, 0.05) is 13.1 Å². The maximum absolute atomic E-state index is 12.3. The molecular formula is C22H30N2O4S. The molecule has 0 aromatic heterocycles. The molecule has 0 radical (unpaired) electrons. The Morgan fingerprint density at radius 3 is 2.28 bits per heavy atom. The van der Waals surface area contributed by atoms with E-state index in [1.54, 1.807) is 31.2 Å². The van der Waals surface area contributed by atoms with Gasteiger partial charge in [-0.2, -0.15) is 0 Å². The summed E-state index contributed by atoms with van der Waals surface area (Å²) >= 11 is 0. The number of hydrogen-bond acceptors (Lipinski definition) is 4. The highest BCUT2D eigenvalue weighted by molar-refractivity contribution is 7.89. The van der Waals surface area contributed by atoms with Crippen LogP contribution in [0.2, 0.25) is 0 Å². The monoisotopic (exact) mass is 418 g/mol. The van der Waals surface area contributed by atoms with Gasteiger partial charge in [-0.15, -0.1) is 0 Å². The molecule has 2 N–H and O–H groups in total. The van der Waals surface area contributed by atoms with Crippen molar-refractivity contribution in [2.45, 2.75) is 51.0 Å². The third-order valence-electron chi connectivity index (χ3n) is 4.57. The molecule has 0 aliphatic rings. The van der Waals surface area contributed by atoms with Crippen LogP contribution in [0.1, 0.15) is 44.7 Å². The Labute approximate surface area is 173 Å². The Hall–Kier alpha value is -2.38. The van der Waals surface area contributed by atoms with Crippen LogP contribution in [0, 0.1) is 0 Å². The van der Waals surface area contributed by atoms with Crippen molar-refractivity contribution >= 4 is 15.9 Å². The summed E-state index contributed by atoms with van der Waals surface area (Å²) in [5, 5.41) is 2.70. The molecule has 0 bridgehead atoms. The van der Waals surface area contributed by atoms with E-state index in [0.29, 0.717) is 5.75 Å². The first kappa shape index (κ1) is 22.9. The van der Waals surface area contributed by atoms with E-state index in [-0.39, 0.29) is 29.8 Å². The maximum Gasteiger partial charge on any atom is 0.260 e. The van der Waals surface area contributed by atoms with Gasteiger partial charge in [-0.1, -0.05) is 51.1 Å². The summed E-state index contributed by atoms with van der Waals surface area (Å²) in [6.45, 7) is 8.08. The Balaban J connectivity index is 1.83. The van der Waals surface area contributed by atoms with Crippen LogP contribution >= 0.6 is 0 Å². The van der Waals surface area contributed by atoms with Crippen LogP contribution in [0.5, 0.6) is 5.75 Å². The quantitative estimate of drug-likeness (QED) is 0.580. The van der Waals surface area contributed by atoms with E-state index < -0.39 is 16.1 Å². The predicted octanol–water partition coefficient (Wildman–Crippen LogP) is 3.23. The Morgan fingerprint density at radius 1 is 1.00 bits per heavy atom. The van der Waals surface area contributed by atoms with Crippen molar-refractivity contribution in [3.63, 3.8) is 0 Å². The van der Waals surface area contributed by atoms with Gasteiger partial charge in [0.1, 0.15) is 5.75 Å². The lowest BCUT2D eigenvalue weighted by Crippen LogP contribution is -2.40. The molecule has 0 saturated heterocycles. The second kappa shape index (κ2) is 10.4. The molecule has 2 rings (SSSR count). The summed E-state index contributed by atoms with van der Waals surface area (Å²) in [6, 6.07) is 14.4. The number of aryl methyl sites for hydroxylation is 1. The van der Waals surface area contributed by atoms with E-state index in [1.165, 1.54) is 0 Å². The van der Waals surface area contributed by atoms with Gasteiger partial charge >= 0.3 is 0 Å². The third kappa shape index (κ3) is 6.58. The fraction of sp³-hybridized carbons (Fsp3) is 0.409. The number of sulfonamides is 1. The first-order chi connectivity index (χ1) is 13.7. The van der Waals surface area contributed by atoms with Crippen LogP contribution in [0.4, 0.5) is 0 Å². The number of hydrogen-bond donors (Lipinski definition) is 2. The molecule has 2 aromatic rings. The molecular weight excluding hydrogens is 388 g/mol. The maximum atomic E-state index is 12.3.